The van der Waals surface area contributed by atoms with Crippen molar-refractivity contribution in [2.45, 2.75) is 38.7 Å². The lowest BCUT2D eigenvalue weighted by Gasteiger charge is -2.33. The second-order valence-corrected chi connectivity index (χ2v) is 6.53. The standard InChI is InChI=1S/C17H19F2N5O/c1-10-7-12(11(2)21)15-22-14(13(8-20)16(25)24(15)9-10)23-5-3-17(18,19)4-6-23/h7,9,11H,3-6,21H2,1-2H3/t11-/m1/s1. The van der Waals surface area contributed by atoms with Gasteiger partial charge >= 0.3 is 0 Å². The summed E-state index contributed by atoms with van der Waals surface area (Å²) in [5.41, 5.74) is 7.20. The van der Waals surface area contributed by atoms with Gasteiger partial charge in [-0.15, -0.1) is 0 Å². The van der Waals surface area contributed by atoms with E-state index >= 15 is 0 Å². The molecule has 0 saturated carbocycles. The highest BCUT2D eigenvalue weighted by Gasteiger charge is 2.35. The molecule has 1 aliphatic rings. The Morgan fingerprint density at radius 1 is 1.40 bits per heavy atom. The van der Waals surface area contributed by atoms with Gasteiger partial charge in [0.15, 0.2) is 11.4 Å². The smallest absolute Gasteiger partial charge is 0.278 e. The Balaban J connectivity index is 2.23. The lowest BCUT2D eigenvalue weighted by atomic mass is 10.1. The summed E-state index contributed by atoms with van der Waals surface area (Å²) in [7, 11) is 0. The molecule has 0 unspecified atom stereocenters. The van der Waals surface area contributed by atoms with Gasteiger partial charge in [-0.1, -0.05) is 0 Å². The molecule has 8 heteroatoms. The quantitative estimate of drug-likeness (QED) is 0.899. The van der Waals surface area contributed by atoms with Crippen molar-refractivity contribution in [2.75, 3.05) is 18.0 Å². The summed E-state index contributed by atoms with van der Waals surface area (Å²) in [6.45, 7) is 3.69. The van der Waals surface area contributed by atoms with Crippen molar-refractivity contribution >= 4 is 11.5 Å². The molecule has 1 aliphatic heterocycles. The average molecular weight is 347 g/mol. The first-order chi connectivity index (χ1) is 11.7. The number of aryl methyl sites for hydroxylation is 1. The third kappa shape index (κ3) is 3.07. The van der Waals surface area contributed by atoms with E-state index in [9.17, 15) is 18.8 Å². The van der Waals surface area contributed by atoms with Gasteiger partial charge in [-0.3, -0.25) is 9.20 Å². The number of fused-ring (bicyclic) bond motifs is 1. The molecule has 2 aromatic rings. The number of nitriles is 1. The van der Waals surface area contributed by atoms with Crippen molar-refractivity contribution in [3.63, 3.8) is 0 Å². The van der Waals surface area contributed by atoms with Crippen LogP contribution in [0.15, 0.2) is 17.1 Å². The van der Waals surface area contributed by atoms with Crippen LogP contribution >= 0.6 is 0 Å². The molecule has 6 nitrogen and oxygen atoms in total. The Kier molecular flexibility index (Phi) is 4.21. The minimum absolute atomic E-state index is 0.0453. The van der Waals surface area contributed by atoms with Gasteiger partial charge in [-0.25, -0.2) is 13.8 Å². The van der Waals surface area contributed by atoms with Crippen LogP contribution in [0.5, 0.6) is 0 Å². The van der Waals surface area contributed by atoms with Crippen molar-refractivity contribution in [3.05, 3.63) is 39.3 Å². The number of hydrogen-bond donors (Lipinski definition) is 1. The molecule has 0 radical (unpaired) electrons. The van der Waals surface area contributed by atoms with E-state index in [0.29, 0.717) is 11.2 Å². The molecule has 3 rings (SSSR count). The van der Waals surface area contributed by atoms with E-state index in [4.69, 9.17) is 5.73 Å². The molecule has 132 valence electrons. The van der Waals surface area contributed by atoms with E-state index in [2.05, 4.69) is 4.98 Å². The second kappa shape index (κ2) is 6.08. The Bertz CT molecular complexity index is 919. The summed E-state index contributed by atoms with van der Waals surface area (Å²) in [5, 5.41) is 9.44. The summed E-state index contributed by atoms with van der Waals surface area (Å²) in [4.78, 5) is 18.8. The van der Waals surface area contributed by atoms with Crippen LogP contribution in [0.25, 0.3) is 5.65 Å². The maximum Gasteiger partial charge on any atom is 0.278 e. The molecular formula is C17H19F2N5O. The monoisotopic (exact) mass is 347 g/mol. The minimum Gasteiger partial charge on any atom is -0.355 e. The van der Waals surface area contributed by atoms with Crippen LogP contribution in [-0.2, 0) is 0 Å². The molecule has 0 aromatic carbocycles. The highest BCUT2D eigenvalue weighted by atomic mass is 19.3. The zero-order valence-corrected chi connectivity index (χ0v) is 14.1. The van der Waals surface area contributed by atoms with Gasteiger partial charge in [0.25, 0.3) is 11.5 Å². The molecule has 3 heterocycles. The number of rotatable bonds is 2. The first-order valence-corrected chi connectivity index (χ1v) is 8.09. The van der Waals surface area contributed by atoms with Gasteiger partial charge in [0.2, 0.25) is 0 Å². The number of alkyl halides is 2. The zero-order chi connectivity index (χ0) is 18.4. The first kappa shape index (κ1) is 17.3. The molecule has 0 amide bonds. The predicted molar refractivity (Wildman–Crippen MR) is 89.9 cm³/mol. The SMILES string of the molecule is Cc1cc([C@@H](C)N)c2nc(N3CCC(F)(F)CC3)c(C#N)c(=O)n2c1. The Morgan fingerprint density at radius 2 is 2.04 bits per heavy atom. The lowest BCUT2D eigenvalue weighted by molar-refractivity contribution is -0.0221. The van der Waals surface area contributed by atoms with E-state index in [1.165, 1.54) is 4.40 Å². The number of anilines is 1. The fourth-order valence-electron chi connectivity index (χ4n) is 3.10. The third-order valence-electron chi connectivity index (χ3n) is 4.47. The maximum absolute atomic E-state index is 13.4. The van der Waals surface area contributed by atoms with Gasteiger partial charge in [0, 0.05) is 43.7 Å². The number of aromatic nitrogens is 2. The zero-order valence-electron chi connectivity index (χ0n) is 14.1. The molecule has 1 atom stereocenters. The molecule has 2 aromatic heterocycles. The topological polar surface area (TPSA) is 87.4 Å². The van der Waals surface area contributed by atoms with Crippen LogP contribution in [-0.4, -0.2) is 28.4 Å². The summed E-state index contributed by atoms with van der Waals surface area (Å²) >= 11 is 0. The van der Waals surface area contributed by atoms with Crippen molar-refractivity contribution in [1.82, 2.24) is 9.38 Å². The van der Waals surface area contributed by atoms with Gasteiger partial charge in [-0.2, -0.15) is 5.26 Å². The van der Waals surface area contributed by atoms with Crippen LogP contribution in [0.3, 0.4) is 0 Å². The minimum atomic E-state index is -2.72. The summed E-state index contributed by atoms with van der Waals surface area (Å²) in [5.74, 6) is -2.56. The van der Waals surface area contributed by atoms with Crippen molar-refractivity contribution in [3.8, 4) is 6.07 Å². The van der Waals surface area contributed by atoms with Crippen molar-refractivity contribution < 1.29 is 8.78 Å². The second-order valence-electron chi connectivity index (χ2n) is 6.53. The first-order valence-electron chi connectivity index (χ1n) is 8.09. The predicted octanol–water partition coefficient (Wildman–Crippen LogP) is 2.13. The average Bonchev–Trinajstić information content (AvgIpc) is 2.54. The van der Waals surface area contributed by atoms with Gasteiger partial charge in [0.1, 0.15) is 11.7 Å². The molecule has 1 saturated heterocycles. The van der Waals surface area contributed by atoms with E-state index in [0.717, 1.165) is 5.56 Å². The highest BCUT2D eigenvalue weighted by molar-refractivity contribution is 5.61. The highest BCUT2D eigenvalue weighted by Crippen LogP contribution is 2.31. The molecule has 0 aliphatic carbocycles. The summed E-state index contributed by atoms with van der Waals surface area (Å²) in [6.07, 6.45) is 0.950. The van der Waals surface area contributed by atoms with Crippen LogP contribution < -0.4 is 16.2 Å². The molecule has 0 spiro atoms. The van der Waals surface area contributed by atoms with Gasteiger partial charge < -0.3 is 10.6 Å². The summed E-state index contributed by atoms with van der Waals surface area (Å²) in [6, 6.07) is 3.36. The van der Waals surface area contributed by atoms with Gasteiger partial charge in [-0.05, 0) is 25.5 Å². The fraction of sp³-hybridized carbons (Fsp3) is 0.471. The van der Waals surface area contributed by atoms with E-state index in [-0.39, 0.29) is 43.4 Å². The fourth-order valence-corrected chi connectivity index (χ4v) is 3.10. The molecule has 1 fully saturated rings. The van der Waals surface area contributed by atoms with E-state index in [1.807, 2.05) is 19.1 Å². The Labute approximate surface area is 143 Å². The van der Waals surface area contributed by atoms with Crippen LogP contribution in [0.1, 0.15) is 42.5 Å². The largest absolute Gasteiger partial charge is 0.355 e. The Morgan fingerprint density at radius 3 is 2.60 bits per heavy atom. The van der Waals surface area contributed by atoms with Crippen molar-refractivity contribution in [2.24, 2.45) is 5.73 Å². The maximum atomic E-state index is 13.4. The number of piperidine rings is 1. The van der Waals surface area contributed by atoms with Crippen LogP contribution in [0.2, 0.25) is 0 Å². The number of hydrogen-bond acceptors (Lipinski definition) is 5. The molecular weight excluding hydrogens is 328 g/mol. The van der Waals surface area contributed by atoms with E-state index in [1.54, 1.807) is 18.0 Å². The summed E-state index contributed by atoms with van der Waals surface area (Å²) < 4.78 is 28.2. The lowest BCUT2D eigenvalue weighted by Crippen LogP contribution is -2.41. The molecule has 2 N–H and O–H groups in total. The van der Waals surface area contributed by atoms with E-state index < -0.39 is 11.5 Å². The number of halogens is 2. The number of nitrogens with zero attached hydrogens (tertiary/aromatic N) is 4. The molecule has 25 heavy (non-hydrogen) atoms. The van der Waals surface area contributed by atoms with Gasteiger partial charge in [0.05, 0.1) is 0 Å². The Hall–Kier alpha value is -2.53. The third-order valence-corrected chi connectivity index (χ3v) is 4.47. The van der Waals surface area contributed by atoms with Crippen LogP contribution in [0.4, 0.5) is 14.6 Å². The van der Waals surface area contributed by atoms with Crippen LogP contribution in [0, 0.1) is 18.3 Å². The normalized spacial score (nSPS) is 18.2. The molecule has 0 bridgehead atoms. The van der Waals surface area contributed by atoms with Crippen molar-refractivity contribution in [1.29, 1.82) is 5.26 Å². The number of pyridine rings is 1. The number of nitrogens with two attached hydrogens (primary N) is 1.